The van der Waals surface area contributed by atoms with Crippen molar-refractivity contribution in [3.8, 4) is 0 Å². The molecule has 1 aromatic heterocycles. The van der Waals surface area contributed by atoms with Crippen molar-refractivity contribution in [3.05, 3.63) is 60.4 Å². The Balaban J connectivity index is 1.35. The molecule has 2 heterocycles. The summed E-state index contributed by atoms with van der Waals surface area (Å²) in [6.07, 6.45) is 5.52. The summed E-state index contributed by atoms with van der Waals surface area (Å²) in [5.41, 5.74) is 4.79. The molecule has 2 N–H and O–H groups in total. The number of carbonyl (C=O) groups is 1. The van der Waals surface area contributed by atoms with Gasteiger partial charge in [0.15, 0.2) is 0 Å². The van der Waals surface area contributed by atoms with Gasteiger partial charge in [0.1, 0.15) is 0 Å². The molecule has 1 aromatic carbocycles. The van der Waals surface area contributed by atoms with E-state index in [4.69, 9.17) is 0 Å². The van der Waals surface area contributed by atoms with Crippen LogP contribution < -0.4 is 15.2 Å². The highest BCUT2D eigenvalue weighted by atomic mass is 16.2. The summed E-state index contributed by atoms with van der Waals surface area (Å²) in [6.45, 7) is 5.02. The number of nitrogens with zero attached hydrogens (tertiary/aromatic N) is 3. The molecular weight excluding hydrogens is 314 g/mol. The molecule has 1 aliphatic heterocycles. The Bertz CT molecular complexity index is 681. The summed E-state index contributed by atoms with van der Waals surface area (Å²) in [5, 5.41) is 3.99. The van der Waals surface area contributed by atoms with Gasteiger partial charge in [0.2, 0.25) is 5.91 Å². The van der Waals surface area contributed by atoms with Crippen LogP contribution in [0.4, 0.5) is 5.69 Å². The van der Waals surface area contributed by atoms with Crippen molar-refractivity contribution in [3.63, 3.8) is 0 Å². The minimum atomic E-state index is -0.0386. The summed E-state index contributed by atoms with van der Waals surface area (Å²) in [7, 11) is 0. The average Bonchev–Trinajstić information content (AvgIpc) is 2.68. The molecule has 130 valence electrons. The van der Waals surface area contributed by atoms with Gasteiger partial charge in [0.25, 0.3) is 0 Å². The molecule has 0 saturated carbocycles. The summed E-state index contributed by atoms with van der Waals surface area (Å²) < 4.78 is 0. The molecule has 0 spiro atoms. The van der Waals surface area contributed by atoms with Crippen molar-refractivity contribution in [2.45, 2.75) is 6.42 Å². The van der Waals surface area contributed by atoms with E-state index >= 15 is 0 Å². The largest absolute Gasteiger partial charge is 0.360 e. The van der Waals surface area contributed by atoms with Crippen LogP contribution in [0, 0.1) is 0 Å². The van der Waals surface area contributed by atoms with Gasteiger partial charge < -0.3 is 9.80 Å². The number of nitrogens with one attached hydrogen (secondary N) is 2. The van der Waals surface area contributed by atoms with Crippen LogP contribution in [0.1, 0.15) is 12.0 Å². The minimum Gasteiger partial charge on any atom is -0.360 e. The number of rotatable bonds is 6. The van der Waals surface area contributed by atoms with Crippen molar-refractivity contribution >= 4 is 17.8 Å². The third kappa shape index (κ3) is 5.39. The number of carbonyl (C=O) groups excluding carboxylic acids is 1. The number of anilines is 1. The normalized spacial score (nSPS) is 15.4. The van der Waals surface area contributed by atoms with Gasteiger partial charge in [-0.15, -0.1) is 0 Å². The number of aromatic nitrogens is 1. The minimum absolute atomic E-state index is 0.0386. The first kappa shape index (κ1) is 17.1. The summed E-state index contributed by atoms with van der Waals surface area (Å²) in [4.78, 5) is 19.7. The molecule has 2 aromatic rings. The van der Waals surface area contributed by atoms with Gasteiger partial charge in [0, 0.05) is 18.1 Å². The van der Waals surface area contributed by atoms with E-state index in [9.17, 15) is 4.79 Å². The number of amides is 1. The molecule has 6 heteroatoms. The molecule has 1 aliphatic rings. The third-order valence-electron chi connectivity index (χ3n) is 4.41. The van der Waals surface area contributed by atoms with E-state index in [-0.39, 0.29) is 5.91 Å². The number of hydrazone groups is 1. The lowest BCUT2D eigenvalue weighted by Gasteiger charge is -2.33. The van der Waals surface area contributed by atoms with Crippen LogP contribution in [0.2, 0.25) is 0 Å². The SMILES string of the molecule is O=C(CC[NH+]1CCN(c2ccccc2)CC1)N/N=C\c1ccncc1. The molecule has 1 saturated heterocycles. The first-order chi connectivity index (χ1) is 12.3. The summed E-state index contributed by atoms with van der Waals surface area (Å²) >= 11 is 0. The van der Waals surface area contributed by atoms with Gasteiger partial charge in [-0.3, -0.25) is 9.78 Å². The maximum absolute atomic E-state index is 11.9. The first-order valence-corrected chi connectivity index (χ1v) is 8.67. The molecule has 0 radical (unpaired) electrons. The second kappa shape index (κ2) is 8.94. The van der Waals surface area contributed by atoms with Gasteiger partial charge in [0.05, 0.1) is 45.4 Å². The fourth-order valence-corrected chi connectivity index (χ4v) is 2.94. The first-order valence-electron chi connectivity index (χ1n) is 8.67. The van der Waals surface area contributed by atoms with E-state index in [1.807, 2.05) is 18.2 Å². The van der Waals surface area contributed by atoms with Crippen molar-refractivity contribution in [2.24, 2.45) is 5.10 Å². The Morgan fingerprint density at radius 2 is 1.88 bits per heavy atom. The molecule has 0 bridgehead atoms. The van der Waals surface area contributed by atoms with Crippen molar-refractivity contribution in [1.82, 2.24) is 10.4 Å². The number of pyridine rings is 1. The molecule has 0 unspecified atom stereocenters. The van der Waals surface area contributed by atoms with Crippen LogP contribution in [0.15, 0.2) is 60.0 Å². The zero-order chi connectivity index (χ0) is 17.3. The monoisotopic (exact) mass is 338 g/mol. The molecule has 1 fully saturated rings. The van der Waals surface area contributed by atoms with E-state index in [0.29, 0.717) is 6.42 Å². The fourth-order valence-electron chi connectivity index (χ4n) is 2.94. The number of quaternary nitrogens is 1. The second-order valence-electron chi connectivity index (χ2n) is 6.15. The van der Waals surface area contributed by atoms with Gasteiger partial charge in [-0.05, 0) is 29.8 Å². The molecule has 1 amide bonds. The topological polar surface area (TPSA) is 62.0 Å². The van der Waals surface area contributed by atoms with E-state index in [1.165, 1.54) is 10.6 Å². The van der Waals surface area contributed by atoms with Crippen LogP contribution in [0.5, 0.6) is 0 Å². The van der Waals surface area contributed by atoms with Crippen LogP contribution >= 0.6 is 0 Å². The quantitative estimate of drug-likeness (QED) is 0.589. The Hall–Kier alpha value is -2.73. The Morgan fingerprint density at radius 1 is 1.16 bits per heavy atom. The lowest BCUT2D eigenvalue weighted by Crippen LogP contribution is -3.15. The number of benzene rings is 1. The van der Waals surface area contributed by atoms with E-state index in [0.717, 1.165) is 38.3 Å². The van der Waals surface area contributed by atoms with Crippen LogP contribution in [0.3, 0.4) is 0 Å². The predicted molar refractivity (Wildman–Crippen MR) is 98.8 cm³/mol. The van der Waals surface area contributed by atoms with E-state index < -0.39 is 0 Å². The highest BCUT2D eigenvalue weighted by Crippen LogP contribution is 2.12. The molecule has 0 atom stereocenters. The van der Waals surface area contributed by atoms with Gasteiger partial charge in [-0.2, -0.15) is 5.10 Å². The van der Waals surface area contributed by atoms with Crippen LogP contribution in [0.25, 0.3) is 0 Å². The molecule has 25 heavy (non-hydrogen) atoms. The van der Waals surface area contributed by atoms with E-state index in [2.05, 4.69) is 44.7 Å². The molecule has 0 aliphatic carbocycles. The maximum Gasteiger partial charge on any atom is 0.245 e. The number of hydrogen-bond donors (Lipinski definition) is 2. The predicted octanol–water partition coefficient (Wildman–Crippen LogP) is 0.327. The highest BCUT2D eigenvalue weighted by molar-refractivity contribution is 5.82. The number of para-hydroxylation sites is 1. The standard InChI is InChI=1S/C19H23N5O/c25-19(22-21-16-17-6-9-20-10-7-17)8-11-23-12-14-24(15-13-23)18-4-2-1-3-5-18/h1-7,9-10,16H,8,11-15H2,(H,22,25)/p+1/b21-16-. The van der Waals surface area contributed by atoms with Crippen LogP contribution in [-0.4, -0.2) is 49.8 Å². The van der Waals surface area contributed by atoms with Crippen molar-refractivity contribution in [1.29, 1.82) is 0 Å². The average molecular weight is 338 g/mol. The fraction of sp³-hybridized carbons (Fsp3) is 0.316. The van der Waals surface area contributed by atoms with Crippen molar-refractivity contribution < 1.29 is 9.69 Å². The Labute approximate surface area is 148 Å². The summed E-state index contributed by atoms with van der Waals surface area (Å²) in [5.74, 6) is -0.0386. The third-order valence-corrected chi connectivity index (χ3v) is 4.41. The Kier molecular flexibility index (Phi) is 6.11. The van der Waals surface area contributed by atoms with Gasteiger partial charge in [-0.25, -0.2) is 5.43 Å². The summed E-state index contributed by atoms with van der Waals surface area (Å²) in [6, 6.07) is 14.2. The Morgan fingerprint density at radius 3 is 2.60 bits per heavy atom. The molecule has 3 rings (SSSR count). The smallest absolute Gasteiger partial charge is 0.245 e. The van der Waals surface area contributed by atoms with Crippen LogP contribution in [-0.2, 0) is 4.79 Å². The lowest BCUT2D eigenvalue weighted by atomic mass is 10.2. The lowest BCUT2D eigenvalue weighted by molar-refractivity contribution is -0.900. The molecular formula is C19H24N5O+. The van der Waals surface area contributed by atoms with Gasteiger partial charge >= 0.3 is 0 Å². The zero-order valence-electron chi connectivity index (χ0n) is 14.3. The number of piperazine rings is 1. The maximum atomic E-state index is 11.9. The molecule has 6 nitrogen and oxygen atoms in total. The second-order valence-corrected chi connectivity index (χ2v) is 6.15. The zero-order valence-corrected chi connectivity index (χ0v) is 14.3. The number of hydrogen-bond acceptors (Lipinski definition) is 4. The van der Waals surface area contributed by atoms with Crippen molar-refractivity contribution in [2.75, 3.05) is 37.6 Å². The highest BCUT2D eigenvalue weighted by Gasteiger charge is 2.20. The van der Waals surface area contributed by atoms with E-state index in [1.54, 1.807) is 18.6 Å². The van der Waals surface area contributed by atoms with Gasteiger partial charge in [-0.1, -0.05) is 18.2 Å².